The normalized spacial score (nSPS) is 22.7. The third kappa shape index (κ3) is 2.50. The van der Waals surface area contributed by atoms with Crippen LogP contribution in [0.1, 0.15) is 43.0 Å². The summed E-state index contributed by atoms with van der Waals surface area (Å²) in [4.78, 5) is 22.2. The number of hydrogen-bond acceptors (Lipinski definition) is 5. The predicted molar refractivity (Wildman–Crippen MR) is 93.8 cm³/mol. The highest BCUT2D eigenvalue weighted by Crippen LogP contribution is 2.29. The van der Waals surface area contributed by atoms with Crippen LogP contribution < -0.4 is 5.56 Å². The number of aromatic nitrogens is 3. The lowest BCUT2D eigenvalue weighted by atomic mass is 9.95. The van der Waals surface area contributed by atoms with Crippen molar-refractivity contribution < 1.29 is 4.74 Å². The molecule has 2 aromatic heterocycles. The van der Waals surface area contributed by atoms with Gasteiger partial charge in [-0.15, -0.1) is 0 Å². The Balaban J connectivity index is 1.87. The largest absolute Gasteiger partial charge is 0.381 e. The molecule has 0 amide bonds. The number of H-pyrrole nitrogens is 1. The zero-order valence-electron chi connectivity index (χ0n) is 14.2. The fourth-order valence-corrected chi connectivity index (χ4v) is 3.51. The van der Waals surface area contributed by atoms with Crippen LogP contribution in [-0.2, 0) is 4.74 Å². The number of hydrogen-bond donors (Lipinski definition) is 1. The summed E-state index contributed by atoms with van der Waals surface area (Å²) in [6, 6.07) is 2.14. The molecule has 1 fully saturated rings. The Labute approximate surface area is 144 Å². The Morgan fingerprint density at radius 1 is 1.48 bits per heavy atom. The van der Waals surface area contributed by atoms with Crippen molar-refractivity contribution >= 4 is 17.4 Å². The van der Waals surface area contributed by atoms with E-state index in [9.17, 15) is 10.1 Å². The highest BCUT2D eigenvalue weighted by atomic mass is 16.5. The molecule has 1 saturated heterocycles. The van der Waals surface area contributed by atoms with Gasteiger partial charge in [0.25, 0.3) is 5.56 Å². The van der Waals surface area contributed by atoms with E-state index in [-0.39, 0.29) is 17.5 Å². The second kappa shape index (κ2) is 5.97. The van der Waals surface area contributed by atoms with Crippen LogP contribution in [0, 0.1) is 17.2 Å². The molecule has 2 aromatic rings. The fourth-order valence-electron chi connectivity index (χ4n) is 3.51. The number of rotatable bonds is 3. The molecule has 0 radical (unpaired) electrons. The van der Waals surface area contributed by atoms with Gasteiger partial charge in [-0.1, -0.05) is 13.8 Å². The van der Waals surface area contributed by atoms with Crippen molar-refractivity contribution in [1.29, 1.82) is 5.26 Å². The third-order valence-corrected chi connectivity index (χ3v) is 4.85. The van der Waals surface area contributed by atoms with Crippen molar-refractivity contribution in [3.8, 4) is 6.07 Å². The molecule has 2 unspecified atom stereocenters. The maximum absolute atomic E-state index is 12.9. The first kappa shape index (κ1) is 15.8. The smallest absolute Gasteiger partial charge is 0.276 e. The van der Waals surface area contributed by atoms with Crippen LogP contribution in [0.3, 0.4) is 0 Å². The number of nitrogens with zero attached hydrogens (tertiary/aromatic N) is 4. The summed E-state index contributed by atoms with van der Waals surface area (Å²) in [5.41, 5.74) is 2.65. The molecule has 4 heterocycles. The summed E-state index contributed by atoms with van der Waals surface area (Å²) >= 11 is 0. The number of aliphatic imine (C=N–C) groups is 1. The van der Waals surface area contributed by atoms with Gasteiger partial charge in [0.15, 0.2) is 5.65 Å². The third-order valence-electron chi connectivity index (χ3n) is 4.85. The zero-order chi connectivity index (χ0) is 17.6. The van der Waals surface area contributed by atoms with Gasteiger partial charge < -0.3 is 4.74 Å². The summed E-state index contributed by atoms with van der Waals surface area (Å²) < 4.78 is 6.80. The second-order valence-electron chi connectivity index (χ2n) is 6.81. The van der Waals surface area contributed by atoms with Crippen molar-refractivity contribution in [1.82, 2.24) is 14.6 Å². The molecule has 25 heavy (non-hydrogen) atoms. The number of aromatic amines is 1. The standard InChI is InChI=1S/C18H19N5O2/c1-10(2)15-16(12-5-14(20-7-12)11-3-4-25-9-11)22-17-13(6-19)8-21-23(17)18(15)24/h5,7-8,10-11,14,21H,3-4,9H2,1-2H3. The molecule has 1 N–H and O–H groups in total. The van der Waals surface area contributed by atoms with Gasteiger partial charge >= 0.3 is 0 Å². The Kier molecular flexibility index (Phi) is 3.77. The number of allylic oxidation sites excluding steroid dienone is 1. The van der Waals surface area contributed by atoms with E-state index in [1.165, 1.54) is 10.7 Å². The Bertz CT molecular complexity index is 983. The van der Waals surface area contributed by atoms with Crippen LogP contribution >= 0.6 is 0 Å². The van der Waals surface area contributed by atoms with E-state index in [4.69, 9.17) is 4.74 Å². The summed E-state index contributed by atoms with van der Waals surface area (Å²) in [5.74, 6) is 0.381. The van der Waals surface area contributed by atoms with Crippen molar-refractivity contribution in [2.75, 3.05) is 13.2 Å². The first-order valence-corrected chi connectivity index (χ1v) is 8.47. The van der Waals surface area contributed by atoms with Gasteiger partial charge in [-0.3, -0.25) is 14.9 Å². The molecule has 0 aliphatic carbocycles. The minimum atomic E-state index is -0.168. The van der Waals surface area contributed by atoms with E-state index < -0.39 is 0 Å². The van der Waals surface area contributed by atoms with Gasteiger partial charge in [-0.25, -0.2) is 9.50 Å². The van der Waals surface area contributed by atoms with E-state index in [0.717, 1.165) is 18.6 Å². The fraction of sp³-hybridized carbons (Fsp3) is 0.444. The minimum absolute atomic E-state index is 0.00361. The van der Waals surface area contributed by atoms with Gasteiger partial charge in [-0.2, -0.15) is 5.26 Å². The molecule has 0 spiro atoms. The van der Waals surface area contributed by atoms with E-state index in [0.29, 0.717) is 35.0 Å². The molecular weight excluding hydrogens is 318 g/mol. The number of fused-ring (bicyclic) bond motifs is 1. The minimum Gasteiger partial charge on any atom is -0.381 e. The molecule has 0 bridgehead atoms. The Hall–Kier alpha value is -2.72. The molecule has 2 aliphatic rings. The van der Waals surface area contributed by atoms with Gasteiger partial charge in [0.05, 0.1) is 18.3 Å². The highest BCUT2D eigenvalue weighted by Gasteiger charge is 2.28. The molecule has 0 saturated carbocycles. The molecule has 2 aliphatic heterocycles. The molecule has 2 atom stereocenters. The van der Waals surface area contributed by atoms with Crippen LogP contribution in [0.25, 0.3) is 11.2 Å². The molecule has 7 heteroatoms. The maximum Gasteiger partial charge on any atom is 0.276 e. The van der Waals surface area contributed by atoms with Crippen LogP contribution in [0.4, 0.5) is 0 Å². The lowest BCUT2D eigenvalue weighted by Crippen LogP contribution is -2.24. The SMILES string of the molecule is CC(C)c1c(C2=CC(C3CCOC3)N=C2)nc2c(C#N)c[nH]n2c1=O. The zero-order valence-corrected chi connectivity index (χ0v) is 14.2. The highest BCUT2D eigenvalue weighted by molar-refractivity contribution is 6.11. The Morgan fingerprint density at radius 2 is 2.32 bits per heavy atom. The molecule has 128 valence electrons. The molecule has 4 rings (SSSR count). The number of ether oxygens (including phenoxy) is 1. The summed E-state index contributed by atoms with van der Waals surface area (Å²) in [6.45, 7) is 5.43. The monoisotopic (exact) mass is 337 g/mol. The van der Waals surface area contributed by atoms with Gasteiger partial charge in [0.2, 0.25) is 0 Å². The first-order valence-electron chi connectivity index (χ1n) is 8.47. The molecular formula is C18H19N5O2. The maximum atomic E-state index is 12.9. The lowest BCUT2D eigenvalue weighted by molar-refractivity contribution is 0.184. The average molecular weight is 337 g/mol. The summed E-state index contributed by atoms with van der Waals surface area (Å²) in [5, 5.41) is 12.1. The van der Waals surface area contributed by atoms with E-state index in [2.05, 4.69) is 27.2 Å². The van der Waals surface area contributed by atoms with Gasteiger partial charge in [-0.05, 0) is 18.4 Å². The number of nitrogens with one attached hydrogen (secondary N) is 1. The van der Waals surface area contributed by atoms with E-state index in [1.807, 2.05) is 13.8 Å². The van der Waals surface area contributed by atoms with E-state index >= 15 is 0 Å². The summed E-state index contributed by atoms with van der Waals surface area (Å²) in [7, 11) is 0. The molecule has 0 aromatic carbocycles. The Morgan fingerprint density at radius 3 is 3.00 bits per heavy atom. The van der Waals surface area contributed by atoms with Crippen LogP contribution in [0.2, 0.25) is 0 Å². The van der Waals surface area contributed by atoms with Crippen molar-refractivity contribution in [2.45, 2.75) is 32.2 Å². The lowest BCUT2D eigenvalue weighted by Gasteiger charge is -2.12. The molecule has 7 nitrogen and oxygen atoms in total. The average Bonchev–Trinajstić information content (AvgIpc) is 3.33. The quantitative estimate of drug-likeness (QED) is 0.925. The van der Waals surface area contributed by atoms with Gasteiger partial charge in [0.1, 0.15) is 11.6 Å². The van der Waals surface area contributed by atoms with Crippen molar-refractivity contribution in [3.63, 3.8) is 0 Å². The van der Waals surface area contributed by atoms with Gasteiger partial charge in [0, 0.05) is 36.1 Å². The van der Waals surface area contributed by atoms with E-state index in [1.54, 1.807) is 6.21 Å². The first-order chi connectivity index (χ1) is 12.1. The van der Waals surface area contributed by atoms with Crippen LogP contribution in [0.15, 0.2) is 22.1 Å². The van der Waals surface area contributed by atoms with Crippen molar-refractivity contribution in [2.24, 2.45) is 10.9 Å². The van der Waals surface area contributed by atoms with Crippen molar-refractivity contribution in [3.05, 3.63) is 39.4 Å². The predicted octanol–water partition coefficient (Wildman–Crippen LogP) is 1.89. The summed E-state index contributed by atoms with van der Waals surface area (Å²) in [6.07, 6.45) is 6.37. The topological polar surface area (TPSA) is 95.5 Å². The number of nitriles is 1. The van der Waals surface area contributed by atoms with Crippen LogP contribution in [-0.4, -0.2) is 40.1 Å². The van der Waals surface area contributed by atoms with Crippen LogP contribution in [0.5, 0.6) is 0 Å². The second-order valence-corrected chi connectivity index (χ2v) is 6.81.